The molecule has 2 amide bonds. The second kappa shape index (κ2) is 20.9. The Morgan fingerprint density at radius 1 is 0.701 bits per heavy atom. The molecule has 4 aromatic heterocycles. The highest BCUT2D eigenvalue weighted by molar-refractivity contribution is 9.09. The normalized spacial score (nSPS) is 16.3. The monoisotopic (exact) mass is 1020 g/mol. The van der Waals surface area contributed by atoms with E-state index in [2.05, 4.69) is 25.7 Å². The van der Waals surface area contributed by atoms with E-state index in [0.29, 0.717) is 40.8 Å². The number of rotatable bonds is 9. The Morgan fingerprint density at radius 2 is 1.18 bits per heavy atom. The number of benzene rings is 2. The third-order valence-corrected chi connectivity index (χ3v) is 11.4. The molecule has 12 nitrogen and oxygen atoms in total. The largest absolute Gasteiger partial charge is 0.419 e. The van der Waals surface area contributed by atoms with E-state index in [-0.39, 0.29) is 91.9 Å². The highest BCUT2D eigenvalue weighted by Crippen LogP contribution is 2.37. The maximum atomic E-state index is 13.8. The third-order valence-electron chi connectivity index (χ3n) is 10.9. The van der Waals surface area contributed by atoms with Gasteiger partial charge in [0.25, 0.3) is 11.1 Å². The standard InChI is InChI=1S/C22H20F5N3O3.C20H16F5N3O2.C2H5BrO/c1-33-12-30-10-15(13-2-3-17(24)16(8-13)22(25,26)27)20-18(30)5-7-29(21(20)32)11-19(31)28-6-4-14(23)9-28;21-12-3-5-27(9-12)17(29)10-28-6-4-16-18(19(28)30)13(8-26-16)11-1-2-15(22)14(7-11)20(23,24)25;1-4-2-3/h2-3,5,7-8,10,14H,4,6,9,11-12H2,1H3;1-2,4,6-8,12,26H,3,5,9-10H2;2H2,1H3. The van der Waals surface area contributed by atoms with Crippen molar-refractivity contribution >= 4 is 49.6 Å². The molecule has 8 rings (SSSR count). The van der Waals surface area contributed by atoms with Crippen molar-refractivity contribution in [2.45, 2.75) is 57.4 Å². The van der Waals surface area contributed by atoms with E-state index in [4.69, 9.17) is 4.74 Å². The van der Waals surface area contributed by atoms with Crippen LogP contribution in [-0.4, -0.2) is 98.6 Å². The lowest BCUT2D eigenvalue weighted by molar-refractivity contribution is -0.140. The van der Waals surface area contributed by atoms with E-state index in [9.17, 15) is 63.1 Å². The van der Waals surface area contributed by atoms with E-state index in [1.165, 1.54) is 52.3 Å². The molecule has 0 saturated carbocycles. The summed E-state index contributed by atoms with van der Waals surface area (Å²) in [5.74, 6) is -3.69. The van der Waals surface area contributed by atoms with Crippen molar-refractivity contribution in [3.8, 4) is 22.3 Å². The Hall–Kier alpha value is -5.94. The lowest BCUT2D eigenvalue weighted by Crippen LogP contribution is -2.35. The summed E-state index contributed by atoms with van der Waals surface area (Å²) in [6.07, 6.45) is -5.93. The molecule has 1 N–H and O–H groups in total. The summed E-state index contributed by atoms with van der Waals surface area (Å²) in [6.45, 7) is -0.193. The molecule has 2 aliphatic rings. The maximum Gasteiger partial charge on any atom is 0.419 e. The Balaban J connectivity index is 0.000000206. The topological polar surface area (TPSA) is 124 Å². The summed E-state index contributed by atoms with van der Waals surface area (Å²) in [4.78, 5) is 56.6. The summed E-state index contributed by atoms with van der Waals surface area (Å²) in [7, 11) is 3.05. The molecule has 2 unspecified atom stereocenters. The van der Waals surface area contributed by atoms with Crippen LogP contribution in [0.4, 0.5) is 43.9 Å². The van der Waals surface area contributed by atoms with E-state index in [0.717, 1.165) is 21.3 Å². The van der Waals surface area contributed by atoms with Gasteiger partial charge < -0.3 is 38.0 Å². The fourth-order valence-electron chi connectivity index (χ4n) is 7.67. The fraction of sp³-hybridized carbons (Fsp3) is 0.364. The van der Waals surface area contributed by atoms with Gasteiger partial charge in [-0.25, -0.2) is 17.6 Å². The summed E-state index contributed by atoms with van der Waals surface area (Å²) < 4.78 is 146. The van der Waals surface area contributed by atoms with Crippen LogP contribution >= 0.6 is 15.9 Å². The molecule has 0 bridgehead atoms. The predicted molar refractivity (Wildman–Crippen MR) is 230 cm³/mol. The summed E-state index contributed by atoms with van der Waals surface area (Å²) in [6, 6.07) is 8.06. The number of aromatic nitrogens is 4. The first-order valence-corrected chi connectivity index (χ1v) is 21.3. The number of carbonyl (C=O) groups excluding carboxylic acids is 2. The van der Waals surface area contributed by atoms with E-state index in [1.54, 1.807) is 13.2 Å². The molecule has 0 radical (unpaired) electrons. The number of pyridine rings is 2. The molecular formula is C44H41BrF10N6O6. The number of hydrogen-bond acceptors (Lipinski definition) is 6. The van der Waals surface area contributed by atoms with E-state index >= 15 is 0 Å². The number of ether oxygens (including phenoxy) is 2. The number of amides is 2. The number of carbonyl (C=O) groups is 2. The van der Waals surface area contributed by atoms with Crippen LogP contribution in [0.2, 0.25) is 0 Å². The highest BCUT2D eigenvalue weighted by atomic mass is 79.9. The molecule has 360 valence electrons. The van der Waals surface area contributed by atoms with Crippen LogP contribution in [0.3, 0.4) is 0 Å². The first-order chi connectivity index (χ1) is 31.7. The zero-order chi connectivity index (χ0) is 49.0. The van der Waals surface area contributed by atoms with Crippen molar-refractivity contribution in [2.75, 3.05) is 45.9 Å². The zero-order valence-electron chi connectivity index (χ0n) is 35.5. The number of alkyl halides is 9. The van der Waals surface area contributed by atoms with Crippen LogP contribution in [0.5, 0.6) is 0 Å². The number of nitrogens with zero attached hydrogens (tertiary/aromatic N) is 5. The second-order valence-corrected chi connectivity index (χ2v) is 15.9. The smallest absolute Gasteiger partial charge is 0.373 e. The Morgan fingerprint density at radius 3 is 1.63 bits per heavy atom. The van der Waals surface area contributed by atoms with Gasteiger partial charge in [0.05, 0.1) is 46.0 Å². The third kappa shape index (κ3) is 11.4. The van der Waals surface area contributed by atoms with Crippen molar-refractivity contribution in [1.82, 2.24) is 28.5 Å². The van der Waals surface area contributed by atoms with Gasteiger partial charge in [-0.3, -0.25) is 19.2 Å². The van der Waals surface area contributed by atoms with Crippen LogP contribution in [-0.2, 0) is 51.2 Å². The molecule has 0 aliphatic carbocycles. The van der Waals surface area contributed by atoms with Crippen LogP contribution in [0, 0.1) is 11.6 Å². The van der Waals surface area contributed by atoms with Crippen LogP contribution in [0.1, 0.15) is 24.0 Å². The molecular weight excluding hydrogens is 978 g/mol. The lowest BCUT2D eigenvalue weighted by Gasteiger charge is -2.16. The number of H-pyrrole nitrogens is 1. The average molecular weight is 1020 g/mol. The van der Waals surface area contributed by atoms with Gasteiger partial charge in [0, 0.05) is 63.2 Å². The van der Waals surface area contributed by atoms with Crippen molar-refractivity contribution in [2.24, 2.45) is 0 Å². The van der Waals surface area contributed by atoms with Gasteiger partial charge in [0.1, 0.15) is 49.3 Å². The van der Waals surface area contributed by atoms with E-state index < -0.39 is 70.4 Å². The van der Waals surface area contributed by atoms with Crippen molar-refractivity contribution in [3.05, 3.63) is 117 Å². The molecule has 2 fully saturated rings. The van der Waals surface area contributed by atoms with Gasteiger partial charge in [0.2, 0.25) is 11.8 Å². The number of fused-ring (bicyclic) bond motifs is 2. The lowest BCUT2D eigenvalue weighted by atomic mass is 10.0. The molecule has 6 aromatic rings. The highest BCUT2D eigenvalue weighted by Gasteiger charge is 2.36. The van der Waals surface area contributed by atoms with Gasteiger partial charge in [0.15, 0.2) is 0 Å². The first-order valence-electron chi connectivity index (χ1n) is 20.2. The van der Waals surface area contributed by atoms with Crippen molar-refractivity contribution < 1.29 is 63.0 Å². The average Bonchev–Trinajstić information content (AvgIpc) is 4.10. The number of nitrogens with one attached hydrogen (secondary N) is 1. The van der Waals surface area contributed by atoms with Crippen molar-refractivity contribution in [3.63, 3.8) is 0 Å². The van der Waals surface area contributed by atoms with Gasteiger partial charge in [-0.05, 0) is 60.4 Å². The molecule has 23 heteroatoms. The summed E-state index contributed by atoms with van der Waals surface area (Å²) in [5.41, 5.74) is -2.41. The molecule has 0 spiro atoms. The number of methoxy groups -OCH3 is 2. The van der Waals surface area contributed by atoms with Crippen molar-refractivity contribution in [1.29, 1.82) is 0 Å². The van der Waals surface area contributed by atoms with Gasteiger partial charge in [-0.1, -0.05) is 28.1 Å². The molecule has 2 atom stereocenters. The molecule has 6 heterocycles. The SMILES string of the molecule is COCBr.COCn1cc(-c2ccc(F)c(C(F)(F)F)c2)c2c(=O)n(CC(=O)N3CCC(F)C3)ccc21.O=C(Cn1ccc2[nH]cc(-c3ccc(F)c(C(F)(F)F)c3)c2c1=O)N1CCC(F)C1. The molecule has 67 heavy (non-hydrogen) atoms. The maximum absolute atomic E-state index is 13.8. The summed E-state index contributed by atoms with van der Waals surface area (Å²) in [5, 5.41) is 0.140. The molecule has 2 aromatic carbocycles. The van der Waals surface area contributed by atoms with Gasteiger partial charge >= 0.3 is 12.4 Å². The quantitative estimate of drug-likeness (QED) is 0.115. The minimum atomic E-state index is -4.92. The second-order valence-electron chi connectivity index (χ2n) is 15.4. The van der Waals surface area contributed by atoms with Gasteiger partial charge in [-0.15, -0.1) is 0 Å². The Bertz CT molecular complexity index is 2870. The van der Waals surface area contributed by atoms with E-state index in [1.807, 2.05) is 0 Å². The van der Waals surface area contributed by atoms with Crippen LogP contribution in [0.15, 0.2) is 82.9 Å². The number of likely N-dealkylation sites (tertiary alicyclic amines) is 2. The first kappa shape index (κ1) is 50.5. The van der Waals surface area contributed by atoms with Crippen LogP contribution < -0.4 is 11.1 Å². The van der Waals surface area contributed by atoms with Gasteiger partial charge in [-0.2, -0.15) is 26.3 Å². The Labute approximate surface area is 382 Å². The number of halogens is 11. The minimum absolute atomic E-state index is 0.00966. The number of hydrogen-bond donors (Lipinski definition) is 1. The zero-order valence-corrected chi connectivity index (χ0v) is 37.1. The molecule has 2 aliphatic heterocycles. The number of aromatic amines is 1. The fourth-order valence-corrected chi connectivity index (χ4v) is 7.67. The predicted octanol–water partition coefficient (Wildman–Crippen LogP) is 8.51. The molecule has 2 saturated heterocycles. The minimum Gasteiger partial charge on any atom is -0.373 e. The Kier molecular flexibility index (Phi) is 15.8. The van der Waals surface area contributed by atoms with Crippen LogP contribution in [0.25, 0.3) is 44.1 Å². The summed E-state index contributed by atoms with van der Waals surface area (Å²) >= 11 is 3.03.